The van der Waals surface area contributed by atoms with Gasteiger partial charge in [0.15, 0.2) is 0 Å². The van der Waals surface area contributed by atoms with E-state index >= 15 is 0 Å². The molecule has 4 heteroatoms. The molecule has 3 atom stereocenters. The standard InChI is InChI=1S/C7H10O3S/c8-7(10-11)4-1-2-5-6(3-4)9-5/h4-6,11H,1-3H2. The van der Waals surface area contributed by atoms with Crippen molar-refractivity contribution in [2.75, 3.05) is 0 Å². The summed E-state index contributed by atoms with van der Waals surface area (Å²) in [6.45, 7) is 0. The maximum Gasteiger partial charge on any atom is 0.320 e. The van der Waals surface area contributed by atoms with Crippen molar-refractivity contribution in [3.63, 3.8) is 0 Å². The molecule has 2 aliphatic rings. The van der Waals surface area contributed by atoms with E-state index in [4.69, 9.17) is 4.74 Å². The molecule has 0 N–H and O–H groups in total. The van der Waals surface area contributed by atoms with Crippen LogP contribution in [0.15, 0.2) is 0 Å². The number of fused-ring (bicyclic) bond motifs is 1. The molecule has 1 heterocycles. The summed E-state index contributed by atoms with van der Waals surface area (Å²) >= 11 is 3.48. The predicted octanol–water partition coefficient (Wildman–Crippen LogP) is 0.942. The highest BCUT2D eigenvalue weighted by Gasteiger charge is 2.46. The first-order valence-corrected chi connectivity index (χ1v) is 4.18. The second kappa shape index (κ2) is 2.68. The van der Waals surface area contributed by atoms with Crippen molar-refractivity contribution in [2.45, 2.75) is 31.5 Å². The van der Waals surface area contributed by atoms with E-state index in [0.29, 0.717) is 12.2 Å². The van der Waals surface area contributed by atoms with Crippen LogP contribution in [0.4, 0.5) is 0 Å². The summed E-state index contributed by atoms with van der Waals surface area (Å²) in [6, 6.07) is 0. The third kappa shape index (κ3) is 1.37. The van der Waals surface area contributed by atoms with Crippen LogP contribution in [0.3, 0.4) is 0 Å². The minimum atomic E-state index is -0.206. The van der Waals surface area contributed by atoms with Crippen LogP contribution >= 0.6 is 12.9 Å². The summed E-state index contributed by atoms with van der Waals surface area (Å²) in [5, 5.41) is 0. The molecule has 3 unspecified atom stereocenters. The van der Waals surface area contributed by atoms with Gasteiger partial charge in [0.05, 0.1) is 18.1 Å². The topological polar surface area (TPSA) is 38.8 Å². The highest BCUT2D eigenvalue weighted by atomic mass is 32.1. The number of hydrogen-bond acceptors (Lipinski definition) is 4. The van der Waals surface area contributed by atoms with Gasteiger partial charge in [0, 0.05) is 12.9 Å². The normalized spacial score (nSPS) is 41.0. The molecular weight excluding hydrogens is 164 g/mol. The SMILES string of the molecule is O=C(OS)C1CCC2OC2C1. The molecular formula is C7H10O3S. The molecule has 1 aliphatic heterocycles. The Morgan fingerprint density at radius 2 is 2.27 bits per heavy atom. The van der Waals surface area contributed by atoms with E-state index in [-0.39, 0.29) is 11.9 Å². The zero-order valence-electron chi connectivity index (χ0n) is 6.03. The third-order valence-corrected chi connectivity index (χ3v) is 2.61. The first-order chi connectivity index (χ1) is 5.31. The maximum absolute atomic E-state index is 11.0. The number of ether oxygens (including phenoxy) is 1. The van der Waals surface area contributed by atoms with Gasteiger partial charge in [-0.2, -0.15) is 0 Å². The maximum atomic E-state index is 11.0. The van der Waals surface area contributed by atoms with E-state index in [9.17, 15) is 4.79 Å². The first-order valence-electron chi connectivity index (χ1n) is 3.82. The second-order valence-corrected chi connectivity index (χ2v) is 3.32. The summed E-state index contributed by atoms with van der Waals surface area (Å²) in [7, 11) is 0. The lowest BCUT2D eigenvalue weighted by Gasteiger charge is -2.14. The highest BCUT2D eigenvalue weighted by molar-refractivity contribution is 7.75. The van der Waals surface area contributed by atoms with Crippen LogP contribution in [0.5, 0.6) is 0 Å². The molecule has 0 amide bonds. The van der Waals surface area contributed by atoms with Crippen molar-refractivity contribution in [2.24, 2.45) is 5.92 Å². The number of thiol groups is 1. The third-order valence-electron chi connectivity index (χ3n) is 2.43. The molecule has 2 rings (SSSR count). The van der Waals surface area contributed by atoms with Gasteiger partial charge < -0.3 is 8.92 Å². The van der Waals surface area contributed by atoms with Gasteiger partial charge in [-0.1, -0.05) is 0 Å². The van der Waals surface area contributed by atoms with Crippen molar-refractivity contribution >= 4 is 18.9 Å². The molecule has 0 spiro atoms. The van der Waals surface area contributed by atoms with E-state index in [1.54, 1.807) is 0 Å². The van der Waals surface area contributed by atoms with Crippen molar-refractivity contribution in [3.8, 4) is 0 Å². The molecule has 62 valence electrons. The lowest BCUT2D eigenvalue weighted by Crippen LogP contribution is -2.21. The average molecular weight is 174 g/mol. The van der Waals surface area contributed by atoms with Gasteiger partial charge in [0.1, 0.15) is 0 Å². The van der Waals surface area contributed by atoms with Gasteiger partial charge in [0.25, 0.3) is 0 Å². The summed E-state index contributed by atoms with van der Waals surface area (Å²) in [5.74, 6) is -0.182. The van der Waals surface area contributed by atoms with Crippen LogP contribution in [0.2, 0.25) is 0 Å². The van der Waals surface area contributed by atoms with Crippen LogP contribution in [-0.4, -0.2) is 18.2 Å². The lowest BCUT2D eigenvalue weighted by atomic mass is 9.90. The molecule has 0 radical (unpaired) electrons. The number of rotatable bonds is 1. The van der Waals surface area contributed by atoms with Gasteiger partial charge in [-0.25, -0.2) is 0 Å². The van der Waals surface area contributed by atoms with E-state index in [1.165, 1.54) is 0 Å². The molecule has 0 aromatic heterocycles. The Morgan fingerprint density at radius 1 is 1.45 bits per heavy atom. The van der Waals surface area contributed by atoms with Crippen LogP contribution in [0, 0.1) is 5.92 Å². The molecule has 1 aliphatic carbocycles. The van der Waals surface area contributed by atoms with Gasteiger partial charge in [-0.3, -0.25) is 4.79 Å². The molecule has 2 fully saturated rings. The number of carbonyl (C=O) groups is 1. The Bertz CT molecular complexity index is 183. The molecule has 3 nitrogen and oxygen atoms in total. The fourth-order valence-electron chi connectivity index (χ4n) is 1.69. The molecule has 0 aromatic rings. The van der Waals surface area contributed by atoms with Crippen molar-refractivity contribution in [3.05, 3.63) is 0 Å². The lowest BCUT2D eigenvalue weighted by molar-refractivity contribution is -0.138. The molecule has 0 aromatic carbocycles. The number of hydrogen-bond donors (Lipinski definition) is 1. The first kappa shape index (κ1) is 7.43. The minimum Gasteiger partial charge on any atom is -0.394 e. The summed E-state index contributed by atoms with van der Waals surface area (Å²) < 4.78 is 9.63. The second-order valence-electron chi connectivity index (χ2n) is 3.13. The molecule has 1 saturated heterocycles. The van der Waals surface area contributed by atoms with Gasteiger partial charge in [-0.15, -0.1) is 0 Å². The monoisotopic (exact) mass is 174 g/mol. The minimum absolute atomic E-state index is 0.0243. The fraction of sp³-hybridized carbons (Fsp3) is 0.857. The molecule has 1 saturated carbocycles. The Kier molecular flexibility index (Phi) is 1.81. The van der Waals surface area contributed by atoms with E-state index in [0.717, 1.165) is 19.3 Å². The fourth-order valence-corrected chi connectivity index (χ4v) is 1.84. The van der Waals surface area contributed by atoms with Gasteiger partial charge in [0.2, 0.25) is 0 Å². The van der Waals surface area contributed by atoms with Crippen LogP contribution in [0.25, 0.3) is 0 Å². The highest BCUT2D eigenvalue weighted by Crippen LogP contribution is 2.39. The van der Waals surface area contributed by atoms with E-state index in [1.807, 2.05) is 0 Å². The number of carbonyl (C=O) groups excluding carboxylic acids is 1. The zero-order valence-corrected chi connectivity index (χ0v) is 6.92. The Morgan fingerprint density at radius 3 is 2.91 bits per heavy atom. The van der Waals surface area contributed by atoms with E-state index < -0.39 is 0 Å². The van der Waals surface area contributed by atoms with Crippen LogP contribution < -0.4 is 0 Å². The van der Waals surface area contributed by atoms with Gasteiger partial charge in [-0.05, 0) is 19.3 Å². The largest absolute Gasteiger partial charge is 0.394 e. The van der Waals surface area contributed by atoms with Crippen molar-refractivity contribution in [1.29, 1.82) is 0 Å². The number of epoxide rings is 1. The van der Waals surface area contributed by atoms with Crippen molar-refractivity contribution in [1.82, 2.24) is 0 Å². The Balaban J connectivity index is 1.89. The molecule has 0 bridgehead atoms. The van der Waals surface area contributed by atoms with Crippen LogP contribution in [0.1, 0.15) is 19.3 Å². The van der Waals surface area contributed by atoms with Gasteiger partial charge >= 0.3 is 5.97 Å². The smallest absolute Gasteiger partial charge is 0.320 e. The summed E-state index contributed by atoms with van der Waals surface area (Å²) in [5.41, 5.74) is 0. The Hall–Kier alpha value is -0.220. The average Bonchev–Trinajstić information content (AvgIpc) is 2.80. The van der Waals surface area contributed by atoms with E-state index in [2.05, 4.69) is 17.1 Å². The summed E-state index contributed by atoms with van der Waals surface area (Å²) in [6.07, 6.45) is 3.49. The van der Waals surface area contributed by atoms with Crippen molar-refractivity contribution < 1.29 is 13.7 Å². The summed E-state index contributed by atoms with van der Waals surface area (Å²) in [4.78, 5) is 11.0. The zero-order chi connectivity index (χ0) is 7.84. The van der Waals surface area contributed by atoms with Crippen LogP contribution in [-0.2, 0) is 13.7 Å². The Labute approximate surface area is 70.7 Å². The molecule has 11 heavy (non-hydrogen) atoms. The quantitative estimate of drug-likeness (QED) is 0.365. The predicted molar refractivity (Wildman–Crippen MR) is 41.1 cm³/mol.